The Morgan fingerprint density at radius 2 is 2.00 bits per heavy atom. The van der Waals surface area contributed by atoms with Gasteiger partial charge in [0.25, 0.3) is 0 Å². The van der Waals surface area contributed by atoms with Gasteiger partial charge in [-0.1, -0.05) is 30.3 Å². The van der Waals surface area contributed by atoms with Crippen molar-refractivity contribution in [1.29, 1.82) is 0 Å². The maximum absolute atomic E-state index is 12.0. The third-order valence-electron chi connectivity index (χ3n) is 4.30. The Hall–Kier alpha value is -1.98. The van der Waals surface area contributed by atoms with E-state index in [2.05, 4.69) is 34.5 Å². The summed E-state index contributed by atoms with van der Waals surface area (Å²) in [5, 5.41) is 4.94. The minimum atomic E-state index is -0.00606. The SMILES string of the molecule is O=C(/C=C/SCc1ccco1)NC1CCN(Cc2ccccc2)CC1. The smallest absolute Gasteiger partial charge is 0.244 e. The molecule has 2 aromatic rings. The predicted molar refractivity (Wildman–Crippen MR) is 102 cm³/mol. The van der Waals surface area contributed by atoms with Crippen LogP contribution in [0.4, 0.5) is 0 Å². The standard InChI is InChI=1S/C20H24N2O2S/c23-20(10-14-25-16-19-7-4-13-24-19)21-18-8-11-22(12-9-18)15-17-5-2-1-3-6-17/h1-7,10,13-14,18H,8-9,11-12,15-16H2,(H,21,23)/b14-10+. The van der Waals surface area contributed by atoms with Crippen LogP contribution in [0.3, 0.4) is 0 Å². The monoisotopic (exact) mass is 356 g/mol. The molecule has 0 radical (unpaired) electrons. The van der Waals surface area contributed by atoms with Crippen molar-refractivity contribution in [1.82, 2.24) is 10.2 Å². The van der Waals surface area contributed by atoms with Crippen molar-refractivity contribution in [3.8, 4) is 0 Å². The molecule has 1 fully saturated rings. The fourth-order valence-corrected chi connectivity index (χ4v) is 3.61. The van der Waals surface area contributed by atoms with Gasteiger partial charge >= 0.3 is 0 Å². The molecule has 5 heteroatoms. The van der Waals surface area contributed by atoms with E-state index < -0.39 is 0 Å². The highest BCUT2D eigenvalue weighted by Crippen LogP contribution is 2.15. The lowest BCUT2D eigenvalue weighted by Crippen LogP contribution is -2.43. The quantitative estimate of drug-likeness (QED) is 0.767. The molecule has 1 amide bonds. The summed E-state index contributed by atoms with van der Waals surface area (Å²) in [5.41, 5.74) is 1.35. The largest absolute Gasteiger partial charge is 0.468 e. The molecule has 0 atom stereocenters. The summed E-state index contributed by atoms with van der Waals surface area (Å²) in [6.45, 7) is 3.04. The number of nitrogens with zero attached hydrogens (tertiary/aromatic N) is 1. The van der Waals surface area contributed by atoms with E-state index >= 15 is 0 Å². The number of piperidine rings is 1. The molecular weight excluding hydrogens is 332 g/mol. The van der Waals surface area contributed by atoms with Gasteiger partial charge in [0.15, 0.2) is 0 Å². The van der Waals surface area contributed by atoms with Gasteiger partial charge in [-0.05, 0) is 35.9 Å². The third kappa shape index (κ3) is 6.11. The van der Waals surface area contributed by atoms with E-state index in [1.54, 1.807) is 24.1 Å². The van der Waals surface area contributed by atoms with E-state index in [1.165, 1.54) is 5.56 Å². The molecule has 1 aliphatic rings. The fourth-order valence-electron chi connectivity index (χ4n) is 2.96. The fraction of sp³-hybridized carbons (Fsp3) is 0.350. The van der Waals surface area contributed by atoms with Gasteiger partial charge in [0.2, 0.25) is 5.91 Å². The van der Waals surface area contributed by atoms with Crippen LogP contribution in [0.1, 0.15) is 24.2 Å². The van der Waals surface area contributed by atoms with Crippen LogP contribution in [0, 0.1) is 0 Å². The molecule has 0 spiro atoms. The molecule has 0 bridgehead atoms. The van der Waals surface area contributed by atoms with Gasteiger partial charge in [-0.25, -0.2) is 0 Å². The van der Waals surface area contributed by atoms with E-state index in [9.17, 15) is 4.79 Å². The summed E-state index contributed by atoms with van der Waals surface area (Å²) < 4.78 is 5.25. The number of carbonyl (C=O) groups excluding carboxylic acids is 1. The maximum atomic E-state index is 12.0. The summed E-state index contributed by atoms with van der Waals surface area (Å²) in [6.07, 6.45) is 5.29. The minimum Gasteiger partial charge on any atom is -0.468 e. The number of benzene rings is 1. The number of rotatable bonds is 7. The Morgan fingerprint density at radius 3 is 2.72 bits per heavy atom. The van der Waals surface area contributed by atoms with Crippen molar-refractivity contribution in [3.05, 3.63) is 71.5 Å². The lowest BCUT2D eigenvalue weighted by Gasteiger charge is -2.32. The first kappa shape index (κ1) is 17.8. The average Bonchev–Trinajstić information content (AvgIpc) is 3.15. The summed E-state index contributed by atoms with van der Waals surface area (Å²) in [6, 6.07) is 14.6. The first-order valence-corrected chi connectivity index (χ1v) is 9.72. The van der Waals surface area contributed by atoms with E-state index in [-0.39, 0.29) is 11.9 Å². The number of thioether (sulfide) groups is 1. The van der Waals surface area contributed by atoms with Crippen LogP contribution in [-0.4, -0.2) is 29.9 Å². The van der Waals surface area contributed by atoms with Gasteiger partial charge in [0, 0.05) is 31.8 Å². The number of hydrogen-bond donors (Lipinski definition) is 1. The summed E-state index contributed by atoms with van der Waals surface area (Å²) in [5.74, 6) is 1.66. The lowest BCUT2D eigenvalue weighted by atomic mass is 10.0. The highest BCUT2D eigenvalue weighted by molar-refractivity contribution is 8.01. The highest BCUT2D eigenvalue weighted by Gasteiger charge is 2.19. The number of carbonyl (C=O) groups is 1. The van der Waals surface area contributed by atoms with Crippen LogP contribution in [0.25, 0.3) is 0 Å². The van der Waals surface area contributed by atoms with Crippen molar-refractivity contribution in [2.45, 2.75) is 31.2 Å². The number of likely N-dealkylation sites (tertiary alicyclic amines) is 1. The van der Waals surface area contributed by atoms with Crippen molar-refractivity contribution < 1.29 is 9.21 Å². The van der Waals surface area contributed by atoms with Crippen LogP contribution < -0.4 is 5.32 Å². The lowest BCUT2D eigenvalue weighted by molar-refractivity contribution is -0.117. The zero-order valence-corrected chi connectivity index (χ0v) is 15.1. The van der Waals surface area contributed by atoms with Crippen LogP contribution in [-0.2, 0) is 17.1 Å². The summed E-state index contributed by atoms with van der Waals surface area (Å²) in [4.78, 5) is 14.4. The average molecular weight is 356 g/mol. The van der Waals surface area contributed by atoms with Crippen molar-refractivity contribution in [2.75, 3.05) is 13.1 Å². The molecule has 1 aromatic carbocycles. The molecule has 132 valence electrons. The van der Waals surface area contributed by atoms with Gasteiger partial charge in [0.05, 0.1) is 12.0 Å². The van der Waals surface area contributed by atoms with Crippen LogP contribution in [0.15, 0.2) is 64.6 Å². The Bertz CT molecular complexity index is 662. The minimum absolute atomic E-state index is 0.00606. The molecule has 0 aliphatic carbocycles. The molecule has 3 rings (SSSR count). The Labute approximate surface area is 153 Å². The van der Waals surface area contributed by atoms with Crippen LogP contribution in [0.5, 0.6) is 0 Å². The van der Waals surface area contributed by atoms with E-state index in [4.69, 9.17) is 4.42 Å². The second-order valence-corrected chi connectivity index (χ2v) is 7.13. The van der Waals surface area contributed by atoms with Gasteiger partial charge in [-0.15, -0.1) is 11.8 Å². The van der Waals surface area contributed by atoms with Crippen molar-refractivity contribution in [3.63, 3.8) is 0 Å². The molecule has 2 heterocycles. The second-order valence-electron chi connectivity index (χ2n) is 6.24. The van der Waals surface area contributed by atoms with E-state index in [1.807, 2.05) is 23.6 Å². The van der Waals surface area contributed by atoms with Crippen molar-refractivity contribution >= 4 is 17.7 Å². The second kappa shape index (κ2) is 9.49. The maximum Gasteiger partial charge on any atom is 0.244 e. The first-order chi connectivity index (χ1) is 12.3. The molecule has 1 saturated heterocycles. The van der Waals surface area contributed by atoms with E-state index in [0.29, 0.717) is 0 Å². The number of amides is 1. The van der Waals surface area contributed by atoms with Crippen LogP contribution >= 0.6 is 11.8 Å². The van der Waals surface area contributed by atoms with E-state index in [0.717, 1.165) is 44.0 Å². The molecule has 4 nitrogen and oxygen atoms in total. The van der Waals surface area contributed by atoms with Crippen LogP contribution in [0.2, 0.25) is 0 Å². The molecule has 0 unspecified atom stereocenters. The van der Waals surface area contributed by atoms with Gasteiger partial charge < -0.3 is 9.73 Å². The predicted octanol–water partition coefficient (Wildman–Crippen LogP) is 3.81. The van der Waals surface area contributed by atoms with Gasteiger partial charge in [-0.2, -0.15) is 0 Å². The zero-order chi connectivity index (χ0) is 17.3. The molecule has 0 saturated carbocycles. The van der Waals surface area contributed by atoms with Gasteiger partial charge in [-0.3, -0.25) is 9.69 Å². The highest BCUT2D eigenvalue weighted by atomic mass is 32.2. The number of furan rings is 1. The zero-order valence-electron chi connectivity index (χ0n) is 14.3. The molecular formula is C20H24N2O2S. The normalized spacial score (nSPS) is 16.3. The summed E-state index contributed by atoms with van der Waals surface area (Å²) >= 11 is 1.56. The third-order valence-corrected chi connectivity index (χ3v) is 5.08. The Balaban J connectivity index is 1.33. The topological polar surface area (TPSA) is 45.5 Å². The molecule has 25 heavy (non-hydrogen) atoms. The first-order valence-electron chi connectivity index (χ1n) is 8.67. The molecule has 1 N–H and O–H groups in total. The Morgan fingerprint density at radius 1 is 1.20 bits per heavy atom. The molecule has 1 aliphatic heterocycles. The van der Waals surface area contributed by atoms with Gasteiger partial charge in [0.1, 0.15) is 5.76 Å². The van der Waals surface area contributed by atoms with Crippen molar-refractivity contribution in [2.24, 2.45) is 0 Å². The number of hydrogen-bond acceptors (Lipinski definition) is 4. The number of nitrogens with one attached hydrogen (secondary N) is 1. The Kier molecular flexibility index (Phi) is 6.77. The molecule has 1 aromatic heterocycles. The summed E-state index contributed by atoms with van der Waals surface area (Å²) in [7, 11) is 0.